The Hall–Kier alpha value is -2.72. The Morgan fingerprint density at radius 1 is 1.22 bits per heavy atom. The molecule has 2 aromatic carbocycles. The molecular weight excluding hydrogens is 445 g/mol. The molecule has 10 heteroatoms. The highest BCUT2D eigenvalue weighted by molar-refractivity contribution is 7.89. The topological polar surface area (TPSA) is 83.6 Å². The first kappa shape index (κ1) is 23.9. The third-order valence-electron chi connectivity index (χ3n) is 5.48. The Bertz CT molecular complexity index is 1120. The fraction of sp³-hybridized carbons (Fsp3) is 0.364. The number of sulfonamides is 1. The van der Waals surface area contributed by atoms with Crippen LogP contribution in [-0.4, -0.2) is 38.5 Å². The van der Waals surface area contributed by atoms with E-state index in [-0.39, 0.29) is 24.9 Å². The monoisotopic (exact) mass is 468 g/mol. The molecule has 172 valence electrons. The van der Waals surface area contributed by atoms with Crippen molar-refractivity contribution in [3.63, 3.8) is 0 Å². The first-order valence-corrected chi connectivity index (χ1v) is 11.5. The molecule has 32 heavy (non-hydrogen) atoms. The third-order valence-corrected chi connectivity index (χ3v) is 7.33. The second-order valence-electron chi connectivity index (χ2n) is 7.69. The zero-order chi connectivity index (χ0) is 23.5. The molecule has 0 fully saturated rings. The molecule has 0 heterocycles. The lowest BCUT2D eigenvalue weighted by Crippen LogP contribution is -2.35. The minimum atomic E-state index is -4.66. The number of carbonyl (C=O) groups is 2. The van der Waals surface area contributed by atoms with E-state index in [2.05, 4.69) is 5.32 Å². The number of rotatable bonds is 7. The van der Waals surface area contributed by atoms with Crippen LogP contribution in [0.25, 0.3) is 0 Å². The van der Waals surface area contributed by atoms with Crippen molar-refractivity contribution >= 4 is 22.2 Å². The van der Waals surface area contributed by atoms with E-state index in [9.17, 15) is 31.2 Å². The summed E-state index contributed by atoms with van der Waals surface area (Å²) in [5, 5.41) is 2.89. The predicted molar refractivity (Wildman–Crippen MR) is 112 cm³/mol. The quantitative estimate of drug-likeness (QED) is 0.628. The lowest BCUT2D eigenvalue weighted by molar-refractivity contribution is -0.137. The van der Waals surface area contributed by atoms with Gasteiger partial charge in [0.25, 0.3) is 0 Å². The van der Waals surface area contributed by atoms with E-state index in [4.69, 9.17) is 0 Å². The number of alkyl halides is 3. The van der Waals surface area contributed by atoms with Crippen molar-refractivity contribution in [2.45, 2.75) is 42.8 Å². The molecule has 1 amide bonds. The normalized spacial score (nSPS) is 16.5. The summed E-state index contributed by atoms with van der Waals surface area (Å²) in [6, 6.07) is 8.57. The lowest BCUT2D eigenvalue weighted by Gasteiger charge is -2.27. The summed E-state index contributed by atoms with van der Waals surface area (Å²) in [5.74, 6) is -0.367. The highest BCUT2D eigenvalue weighted by Gasteiger charge is 2.32. The zero-order valence-electron chi connectivity index (χ0n) is 17.4. The molecule has 0 bridgehead atoms. The van der Waals surface area contributed by atoms with Gasteiger partial charge in [-0.25, -0.2) is 12.7 Å². The number of fused-ring (bicyclic) bond motifs is 1. The summed E-state index contributed by atoms with van der Waals surface area (Å²) in [5.41, 5.74) is 1.44. The second kappa shape index (κ2) is 9.41. The van der Waals surface area contributed by atoms with Crippen molar-refractivity contribution in [3.05, 3.63) is 64.7 Å². The molecule has 3 rings (SSSR count). The number of hydrogen-bond acceptors (Lipinski definition) is 4. The van der Waals surface area contributed by atoms with Crippen LogP contribution in [0.4, 0.5) is 13.2 Å². The highest BCUT2D eigenvalue weighted by Crippen LogP contribution is 2.32. The molecule has 0 spiro atoms. The Labute approximate surface area is 184 Å². The molecule has 0 aromatic heterocycles. The standard InChI is InChI=1S/C22H23F3N2O4S/c1-27(32(30,31)18-6-3-5-17(13-18)22(23,24)25)11-10-21(29)26-20-7-2-4-16-12-15(14-28)8-9-19(16)20/h3,5-6,8-9,12-14,20H,2,4,7,10-11H2,1H3,(H,26,29)/t20-/m1/s1. The molecule has 0 unspecified atom stereocenters. The number of nitrogens with one attached hydrogen (secondary N) is 1. The molecule has 2 aromatic rings. The second-order valence-corrected chi connectivity index (χ2v) is 9.74. The summed E-state index contributed by atoms with van der Waals surface area (Å²) in [6.45, 7) is -0.186. The number of nitrogens with zero attached hydrogens (tertiary/aromatic N) is 1. The van der Waals surface area contributed by atoms with E-state index in [1.807, 2.05) is 6.07 Å². The first-order chi connectivity index (χ1) is 15.0. The predicted octanol–water partition coefficient (Wildman–Crippen LogP) is 3.72. The molecular formula is C22H23F3N2O4S. The van der Waals surface area contributed by atoms with Crippen molar-refractivity contribution in [1.82, 2.24) is 9.62 Å². The number of aldehydes is 1. The van der Waals surface area contributed by atoms with Crippen LogP contribution in [0.15, 0.2) is 47.4 Å². The van der Waals surface area contributed by atoms with Gasteiger partial charge in [0.05, 0.1) is 16.5 Å². The van der Waals surface area contributed by atoms with Gasteiger partial charge in [0, 0.05) is 25.6 Å². The average Bonchev–Trinajstić information content (AvgIpc) is 2.76. The number of benzene rings is 2. The molecule has 1 aliphatic rings. The van der Waals surface area contributed by atoms with Gasteiger partial charge >= 0.3 is 6.18 Å². The Morgan fingerprint density at radius 2 is 1.97 bits per heavy atom. The van der Waals surface area contributed by atoms with Gasteiger partial charge < -0.3 is 5.32 Å². The molecule has 1 atom stereocenters. The summed E-state index contributed by atoms with van der Waals surface area (Å²) in [7, 11) is -2.96. The maximum Gasteiger partial charge on any atom is 0.416 e. The molecule has 0 saturated carbocycles. The summed E-state index contributed by atoms with van der Waals surface area (Å²) in [4.78, 5) is 22.9. The SMILES string of the molecule is CN(CCC(=O)N[C@@H]1CCCc2cc(C=O)ccc21)S(=O)(=O)c1cccc(C(F)(F)F)c1. The van der Waals surface area contributed by atoms with Crippen molar-refractivity contribution < 1.29 is 31.2 Å². The van der Waals surface area contributed by atoms with E-state index < -0.39 is 26.7 Å². The van der Waals surface area contributed by atoms with Gasteiger partial charge in [-0.3, -0.25) is 9.59 Å². The van der Waals surface area contributed by atoms with Crippen LogP contribution < -0.4 is 5.32 Å². The van der Waals surface area contributed by atoms with Crippen LogP contribution in [0, 0.1) is 0 Å². The Morgan fingerprint density at radius 3 is 2.66 bits per heavy atom. The van der Waals surface area contributed by atoms with Crippen molar-refractivity contribution in [2.75, 3.05) is 13.6 Å². The largest absolute Gasteiger partial charge is 0.416 e. The smallest absolute Gasteiger partial charge is 0.349 e. The maximum atomic E-state index is 12.9. The fourth-order valence-electron chi connectivity index (χ4n) is 3.72. The number of halogens is 3. The lowest BCUT2D eigenvalue weighted by atomic mass is 9.86. The molecule has 0 radical (unpaired) electrons. The molecule has 0 aliphatic heterocycles. The summed E-state index contributed by atoms with van der Waals surface area (Å²) < 4.78 is 64.8. The minimum Gasteiger partial charge on any atom is -0.349 e. The van der Waals surface area contributed by atoms with Gasteiger partial charge in [0.2, 0.25) is 15.9 Å². The van der Waals surface area contributed by atoms with Crippen LogP contribution in [-0.2, 0) is 27.4 Å². The van der Waals surface area contributed by atoms with Crippen molar-refractivity contribution in [2.24, 2.45) is 0 Å². The Kier molecular flexibility index (Phi) is 7.04. The van der Waals surface area contributed by atoms with E-state index >= 15 is 0 Å². The van der Waals surface area contributed by atoms with Crippen LogP contribution in [0.2, 0.25) is 0 Å². The average molecular weight is 468 g/mol. The fourth-order valence-corrected chi connectivity index (χ4v) is 4.93. The highest BCUT2D eigenvalue weighted by atomic mass is 32.2. The van der Waals surface area contributed by atoms with Gasteiger partial charge in [-0.1, -0.05) is 18.2 Å². The van der Waals surface area contributed by atoms with Gasteiger partial charge in [0.1, 0.15) is 6.29 Å². The van der Waals surface area contributed by atoms with Crippen molar-refractivity contribution in [1.29, 1.82) is 0 Å². The number of carbonyl (C=O) groups excluding carboxylic acids is 2. The zero-order valence-corrected chi connectivity index (χ0v) is 18.2. The van der Waals surface area contributed by atoms with Gasteiger partial charge in [-0.05, 0) is 54.7 Å². The van der Waals surface area contributed by atoms with Crippen molar-refractivity contribution in [3.8, 4) is 0 Å². The molecule has 6 nitrogen and oxygen atoms in total. The van der Waals surface area contributed by atoms with E-state index in [0.29, 0.717) is 11.6 Å². The first-order valence-electron chi connectivity index (χ1n) is 10.0. The molecule has 1 N–H and O–H groups in total. The van der Waals surface area contributed by atoms with Crippen LogP contribution >= 0.6 is 0 Å². The van der Waals surface area contributed by atoms with Gasteiger partial charge in [0.15, 0.2) is 0 Å². The van der Waals surface area contributed by atoms with Crippen LogP contribution in [0.1, 0.15) is 52.4 Å². The maximum absolute atomic E-state index is 12.9. The van der Waals surface area contributed by atoms with Crippen LogP contribution in [0.5, 0.6) is 0 Å². The molecule has 0 saturated heterocycles. The van der Waals surface area contributed by atoms with E-state index in [1.165, 1.54) is 7.05 Å². The Balaban J connectivity index is 1.64. The van der Waals surface area contributed by atoms with E-state index in [1.54, 1.807) is 12.1 Å². The summed E-state index contributed by atoms with van der Waals surface area (Å²) >= 11 is 0. The van der Waals surface area contributed by atoms with Gasteiger partial charge in [-0.2, -0.15) is 13.2 Å². The van der Waals surface area contributed by atoms with Crippen LogP contribution in [0.3, 0.4) is 0 Å². The number of amides is 1. The minimum absolute atomic E-state index is 0.146. The number of hydrogen-bond donors (Lipinski definition) is 1. The molecule has 1 aliphatic carbocycles. The summed E-state index contributed by atoms with van der Waals surface area (Å²) in [6.07, 6.45) is -1.67. The third kappa shape index (κ3) is 5.36. The number of aryl methyl sites for hydroxylation is 1. The van der Waals surface area contributed by atoms with E-state index in [0.717, 1.165) is 59.2 Å². The van der Waals surface area contributed by atoms with Gasteiger partial charge in [-0.15, -0.1) is 0 Å².